The molecule has 0 saturated heterocycles. The van der Waals surface area contributed by atoms with Gasteiger partial charge in [-0.25, -0.2) is 0 Å². The first kappa shape index (κ1) is 19.5. The van der Waals surface area contributed by atoms with Gasteiger partial charge >= 0.3 is 0 Å². The molecule has 0 spiro atoms. The fraction of sp³-hybridized carbons (Fsp3) is 0.407. The molecule has 2 aromatic rings. The van der Waals surface area contributed by atoms with E-state index in [0.29, 0.717) is 11.1 Å². The van der Waals surface area contributed by atoms with E-state index < -0.39 is 8.07 Å². The first-order valence-corrected chi connectivity index (χ1v) is 13.6. The molecule has 2 aliphatic rings. The summed E-state index contributed by atoms with van der Waals surface area (Å²) in [6.45, 7) is 14.1. The first-order valence-electron chi connectivity index (χ1n) is 11.0. The van der Waals surface area contributed by atoms with Gasteiger partial charge in [0.25, 0.3) is 0 Å². The van der Waals surface area contributed by atoms with Crippen molar-refractivity contribution < 1.29 is 0 Å². The summed E-state index contributed by atoms with van der Waals surface area (Å²) in [5.74, 6) is 0. The highest BCUT2D eigenvalue weighted by Crippen LogP contribution is 2.53. The largest absolute Gasteiger partial charge is 0.0790 e. The Balaban J connectivity index is 1.92. The number of fused-ring (bicyclic) bond motifs is 2. The third-order valence-electron chi connectivity index (χ3n) is 7.59. The maximum atomic E-state index is 2.59. The summed E-state index contributed by atoms with van der Waals surface area (Å²) in [4.78, 5) is 0. The van der Waals surface area contributed by atoms with Crippen LogP contribution in [0.5, 0.6) is 0 Å². The van der Waals surface area contributed by atoms with Crippen molar-refractivity contribution in [2.24, 2.45) is 0 Å². The van der Waals surface area contributed by atoms with Gasteiger partial charge in [-0.2, -0.15) is 0 Å². The van der Waals surface area contributed by atoms with Crippen LogP contribution in [0.4, 0.5) is 0 Å². The van der Waals surface area contributed by atoms with Crippen molar-refractivity contribution in [3.8, 4) is 0 Å². The second kappa shape index (κ2) is 7.19. The molecule has 0 amide bonds. The molecule has 0 fully saturated rings. The number of benzene rings is 2. The Morgan fingerprint density at radius 1 is 0.679 bits per heavy atom. The van der Waals surface area contributed by atoms with Gasteiger partial charge in [0.15, 0.2) is 0 Å². The van der Waals surface area contributed by atoms with Gasteiger partial charge < -0.3 is 0 Å². The summed E-state index contributed by atoms with van der Waals surface area (Å²) in [5, 5.41) is 0. The topological polar surface area (TPSA) is 0 Å². The molecule has 146 valence electrons. The summed E-state index contributed by atoms with van der Waals surface area (Å²) in [7, 11) is -1.69. The van der Waals surface area contributed by atoms with E-state index in [1.165, 1.54) is 51.9 Å². The third-order valence-corrected chi connectivity index (χ3v) is 13.8. The summed E-state index contributed by atoms with van der Waals surface area (Å²) < 4.78 is 0. The highest BCUT2D eigenvalue weighted by Gasteiger charge is 2.48. The molecule has 2 unspecified atom stereocenters. The predicted molar refractivity (Wildman–Crippen MR) is 127 cm³/mol. The van der Waals surface area contributed by atoms with Crippen LogP contribution in [-0.2, 0) is 0 Å². The van der Waals surface area contributed by atoms with Crippen molar-refractivity contribution in [2.75, 3.05) is 0 Å². The zero-order valence-corrected chi connectivity index (χ0v) is 19.4. The standard InChI is InChI=1S/C27H34Si/c1-7-17-28(8-2,24-15-13-22-18(3)9-11-20(5)26(22)24)25-16-14-23-19(4)10-12-21(6)27(23)25/h9-16,24-25H,7-8,17H2,1-6H3. The lowest BCUT2D eigenvalue weighted by molar-refractivity contribution is 0.909. The van der Waals surface area contributed by atoms with Crippen LogP contribution in [0.3, 0.4) is 0 Å². The maximum Gasteiger partial charge on any atom is 0.0772 e. The zero-order chi connectivity index (χ0) is 20.1. The molecule has 0 nitrogen and oxygen atoms in total. The molecule has 28 heavy (non-hydrogen) atoms. The van der Waals surface area contributed by atoms with Gasteiger partial charge in [-0.05, 0) is 83.3 Å². The molecule has 4 rings (SSSR count). The van der Waals surface area contributed by atoms with Crippen LogP contribution in [0.25, 0.3) is 12.2 Å². The first-order chi connectivity index (χ1) is 13.4. The quantitative estimate of drug-likeness (QED) is 0.460. The molecule has 2 aliphatic carbocycles. The van der Waals surface area contributed by atoms with E-state index >= 15 is 0 Å². The van der Waals surface area contributed by atoms with E-state index in [4.69, 9.17) is 0 Å². The lowest BCUT2D eigenvalue weighted by atomic mass is 9.99. The number of aryl methyl sites for hydroxylation is 4. The van der Waals surface area contributed by atoms with Crippen molar-refractivity contribution in [3.63, 3.8) is 0 Å². The van der Waals surface area contributed by atoms with Crippen molar-refractivity contribution in [1.29, 1.82) is 0 Å². The van der Waals surface area contributed by atoms with Crippen LogP contribution in [0.2, 0.25) is 12.1 Å². The minimum absolute atomic E-state index is 0.632. The van der Waals surface area contributed by atoms with E-state index in [9.17, 15) is 0 Å². The van der Waals surface area contributed by atoms with Gasteiger partial charge in [-0.3, -0.25) is 0 Å². The smallest absolute Gasteiger partial charge is 0.0772 e. The highest BCUT2D eigenvalue weighted by molar-refractivity contribution is 6.83. The summed E-state index contributed by atoms with van der Waals surface area (Å²) >= 11 is 0. The van der Waals surface area contributed by atoms with Gasteiger partial charge in [0.1, 0.15) is 0 Å². The van der Waals surface area contributed by atoms with Crippen molar-refractivity contribution in [2.45, 2.75) is 71.1 Å². The molecule has 2 atom stereocenters. The maximum absolute atomic E-state index is 2.59. The number of rotatable bonds is 5. The minimum atomic E-state index is -1.69. The Kier molecular flexibility index (Phi) is 4.99. The number of allylic oxidation sites excluding steroid dienone is 2. The Hall–Kier alpha value is -1.86. The molecular formula is C27H34Si. The molecule has 0 aromatic heterocycles. The van der Waals surface area contributed by atoms with Crippen molar-refractivity contribution in [1.82, 2.24) is 0 Å². The molecule has 0 heterocycles. The van der Waals surface area contributed by atoms with Gasteiger partial charge in [0, 0.05) is 0 Å². The average Bonchev–Trinajstić information content (AvgIpc) is 3.33. The molecule has 0 bridgehead atoms. The monoisotopic (exact) mass is 386 g/mol. The molecular weight excluding hydrogens is 352 g/mol. The Bertz CT molecular complexity index is 903. The Morgan fingerprint density at radius 3 is 1.50 bits per heavy atom. The average molecular weight is 387 g/mol. The fourth-order valence-corrected chi connectivity index (χ4v) is 12.1. The van der Waals surface area contributed by atoms with Crippen molar-refractivity contribution >= 4 is 20.2 Å². The molecule has 0 N–H and O–H groups in total. The third kappa shape index (κ3) is 2.70. The second-order valence-electron chi connectivity index (χ2n) is 9.06. The van der Waals surface area contributed by atoms with E-state index in [0.717, 1.165) is 0 Å². The second-order valence-corrected chi connectivity index (χ2v) is 14.0. The van der Waals surface area contributed by atoms with Gasteiger partial charge in [0.05, 0.1) is 8.07 Å². The van der Waals surface area contributed by atoms with E-state index in [1.807, 2.05) is 0 Å². The highest BCUT2D eigenvalue weighted by atomic mass is 28.3. The predicted octanol–water partition coefficient (Wildman–Crippen LogP) is 7.80. The summed E-state index contributed by atoms with van der Waals surface area (Å²) in [5.41, 5.74) is 13.4. The molecule has 2 aromatic carbocycles. The van der Waals surface area contributed by atoms with E-state index in [2.05, 4.69) is 90.1 Å². The minimum Gasteiger partial charge on any atom is -0.0790 e. The Morgan fingerprint density at radius 2 is 1.11 bits per heavy atom. The summed E-state index contributed by atoms with van der Waals surface area (Å²) in [6, 6.07) is 12.0. The van der Waals surface area contributed by atoms with Crippen LogP contribution in [-0.4, -0.2) is 8.07 Å². The Labute approximate surface area is 172 Å². The van der Waals surface area contributed by atoms with Crippen molar-refractivity contribution in [3.05, 3.63) is 80.9 Å². The number of hydrogen-bond donors (Lipinski definition) is 0. The van der Waals surface area contributed by atoms with Crippen LogP contribution in [0, 0.1) is 27.7 Å². The SMILES string of the molecule is CCC[Si](CC)(C1C=Cc2c(C)ccc(C)c21)C1C=Cc2c(C)ccc(C)c21. The summed E-state index contributed by atoms with van der Waals surface area (Å²) in [6.07, 6.45) is 11.4. The molecule has 0 radical (unpaired) electrons. The van der Waals surface area contributed by atoms with Crippen LogP contribution in [0.1, 0.15) is 75.9 Å². The molecule has 0 saturated carbocycles. The van der Waals surface area contributed by atoms with E-state index in [-0.39, 0.29) is 0 Å². The molecule has 1 heteroatoms. The lowest BCUT2D eigenvalue weighted by Crippen LogP contribution is -2.46. The zero-order valence-electron chi connectivity index (χ0n) is 18.4. The molecule has 0 aliphatic heterocycles. The number of hydrogen-bond acceptors (Lipinski definition) is 0. The normalized spacial score (nSPS) is 21.6. The van der Waals surface area contributed by atoms with Crippen LogP contribution in [0.15, 0.2) is 36.4 Å². The van der Waals surface area contributed by atoms with Crippen LogP contribution >= 0.6 is 0 Å². The lowest BCUT2D eigenvalue weighted by Gasteiger charge is -2.42. The van der Waals surface area contributed by atoms with Gasteiger partial charge in [-0.1, -0.05) is 80.9 Å². The van der Waals surface area contributed by atoms with Gasteiger partial charge in [-0.15, -0.1) is 0 Å². The fourth-order valence-electron chi connectivity index (χ4n) is 6.10. The van der Waals surface area contributed by atoms with E-state index in [1.54, 1.807) is 11.1 Å². The van der Waals surface area contributed by atoms with Gasteiger partial charge in [0.2, 0.25) is 0 Å². The van der Waals surface area contributed by atoms with Crippen LogP contribution < -0.4 is 0 Å².